The van der Waals surface area contributed by atoms with Crippen molar-refractivity contribution in [3.05, 3.63) is 52.6 Å². The highest BCUT2D eigenvalue weighted by atomic mass is 16.5. The molecular formula is C19H20O5. The molecule has 0 radical (unpaired) electrons. The molecule has 0 bridgehead atoms. The lowest BCUT2D eigenvalue weighted by Gasteiger charge is -2.21. The Hall–Kier alpha value is -2.56. The van der Waals surface area contributed by atoms with Crippen molar-refractivity contribution in [1.29, 1.82) is 0 Å². The molecule has 0 aliphatic carbocycles. The van der Waals surface area contributed by atoms with Gasteiger partial charge in [0.2, 0.25) is 5.78 Å². The third-order valence-corrected chi connectivity index (χ3v) is 4.14. The highest BCUT2D eigenvalue weighted by Gasteiger charge is 2.36. The molecule has 5 heteroatoms. The van der Waals surface area contributed by atoms with E-state index < -0.39 is 5.60 Å². The number of carbonyl (C=O) groups is 1. The summed E-state index contributed by atoms with van der Waals surface area (Å²) in [5.41, 5.74) is -0.645. The molecule has 1 atom stereocenters. The summed E-state index contributed by atoms with van der Waals surface area (Å²) in [6.45, 7) is 6.01. The van der Waals surface area contributed by atoms with Crippen LogP contribution in [0.15, 0.2) is 51.4 Å². The van der Waals surface area contributed by atoms with Crippen LogP contribution in [0.2, 0.25) is 0 Å². The fourth-order valence-corrected chi connectivity index (χ4v) is 2.55. The number of ketones is 1. The summed E-state index contributed by atoms with van der Waals surface area (Å²) in [4.78, 5) is 23.1. The maximum absolute atomic E-state index is 11.8. The van der Waals surface area contributed by atoms with Crippen molar-refractivity contribution in [2.75, 3.05) is 6.61 Å². The molecule has 0 spiro atoms. The second-order valence-corrected chi connectivity index (χ2v) is 6.52. The molecule has 2 heterocycles. The first-order valence-corrected chi connectivity index (χ1v) is 7.97. The lowest BCUT2D eigenvalue weighted by atomic mass is 10.0. The van der Waals surface area contributed by atoms with Crippen molar-refractivity contribution in [1.82, 2.24) is 0 Å². The third kappa shape index (κ3) is 3.35. The first-order valence-electron chi connectivity index (χ1n) is 7.97. The van der Waals surface area contributed by atoms with E-state index in [9.17, 15) is 9.59 Å². The third-order valence-electron chi connectivity index (χ3n) is 4.14. The lowest BCUT2D eigenvalue weighted by molar-refractivity contribution is -0.127. The van der Waals surface area contributed by atoms with E-state index >= 15 is 0 Å². The van der Waals surface area contributed by atoms with Crippen LogP contribution in [0.5, 0.6) is 5.75 Å². The molecule has 126 valence electrons. The van der Waals surface area contributed by atoms with Gasteiger partial charge in [-0.3, -0.25) is 4.79 Å². The number of rotatable bonds is 5. The second kappa shape index (κ2) is 6.15. The molecular weight excluding hydrogens is 308 g/mol. The van der Waals surface area contributed by atoms with Crippen LogP contribution in [-0.4, -0.2) is 18.0 Å². The maximum atomic E-state index is 11.8. The summed E-state index contributed by atoms with van der Waals surface area (Å²) in [5.74, 6) is 1.43. The first-order chi connectivity index (χ1) is 11.3. The molecule has 1 aliphatic rings. The maximum Gasteiger partial charge on any atom is 0.336 e. The molecule has 0 amide bonds. The zero-order valence-corrected chi connectivity index (χ0v) is 14.0. The van der Waals surface area contributed by atoms with Crippen molar-refractivity contribution < 1.29 is 18.7 Å². The van der Waals surface area contributed by atoms with Gasteiger partial charge in [-0.05, 0) is 38.5 Å². The molecule has 3 rings (SSSR count). The van der Waals surface area contributed by atoms with Gasteiger partial charge in [-0.1, -0.05) is 6.92 Å². The molecule has 1 aromatic carbocycles. The predicted octanol–water partition coefficient (Wildman–Crippen LogP) is 3.46. The van der Waals surface area contributed by atoms with Crippen molar-refractivity contribution in [3.8, 4) is 5.75 Å². The molecule has 5 nitrogen and oxygen atoms in total. The SMILES string of the molecule is C[C@@H](CCOc1ccc2ccc(=O)oc2c1)C1=CC(=O)C(C)(C)O1. The molecule has 0 saturated heterocycles. The summed E-state index contributed by atoms with van der Waals surface area (Å²) < 4.78 is 16.6. The van der Waals surface area contributed by atoms with Crippen LogP contribution in [0.1, 0.15) is 27.2 Å². The van der Waals surface area contributed by atoms with E-state index in [-0.39, 0.29) is 17.3 Å². The average molecular weight is 328 g/mol. The Kier molecular flexibility index (Phi) is 4.18. The van der Waals surface area contributed by atoms with E-state index in [1.54, 1.807) is 32.1 Å². The summed E-state index contributed by atoms with van der Waals surface area (Å²) in [7, 11) is 0. The Balaban J connectivity index is 1.59. The molecule has 0 N–H and O–H groups in total. The summed E-state index contributed by atoms with van der Waals surface area (Å²) in [6.07, 6.45) is 2.29. The van der Waals surface area contributed by atoms with Crippen LogP contribution in [0.4, 0.5) is 0 Å². The topological polar surface area (TPSA) is 65.7 Å². The summed E-state index contributed by atoms with van der Waals surface area (Å²) >= 11 is 0. The van der Waals surface area contributed by atoms with Gasteiger partial charge < -0.3 is 13.9 Å². The highest BCUT2D eigenvalue weighted by molar-refractivity contribution is 5.98. The van der Waals surface area contributed by atoms with E-state index in [2.05, 4.69) is 0 Å². The van der Waals surface area contributed by atoms with E-state index in [1.807, 2.05) is 19.1 Å². The fourth-order valence-electron chi connectivity index (χ4n) is 2.55. The molecule has 1 aliphatic heterocycles. The van der Waals surface area contributed by atoms with Crippen molar-refractivity contribution >= 4 is 16.8 Å². The number of hydrogen-bond acceptors (Lipinski definition) is 5. The molecule has 1 aromatic heterocycles. The van der Waals surface area contributed by atoms with Gasteiger partial charge in [0.25, 0.3) is 0 Å². The van der Waals surface area contributed by atoms with Crippen LogP contribution in [-0.2, 0) is 9.53 Å². The first kappa shape index (κ1) is 16.3. The summed E-state index contributed by atoms with van der Waals surface area (Å²) in [5, 5.41) is 0.848. The number of carbonyl (C=O) groups excluding carboxylic acids is 1. The Labute approximate surface area is 139 Å². The zero-order chi connectivity index (χ0) is 17.3. The monoisotopic (exact) mass is 328 g/mol. The fraction of sp³-hybridized carbons (Fsp3) is 0.368. The molecule has 0 unspecified atom stereocenters. The zero-order valence-electron chi connectivity index (χ0n) is 14.0. The Bertz CT molecular complexity index is 859. The Morgan fingerprint density at radius 2 is 1.92 bits per heavy atom. The van der Waals surface area contributed by atoms with Gasteiger partial charge in [0.1, 0.15) is 17.1 Å². The average Bonchev–Trinajstić information content (AvgIpc) is 2.80. The van der Waals surface area contributed by atoms with Crippen LogP contribution in [0.25, 0.3) is 11.0 Å². The molecule has 0 fully saturated rings. The van der Waals surface area contributed by atoms with Gasteiger partial charge in [0.05, 0.1) is 6.61 Å². The van der Waals surface area contributed by atoms with E-state index in [0.29, 0.717) is 30.1 Å². The van der Waals surface area contributed by atoms with Gasteiger partial charge in [-0.2, -0.15) is 0 Å². The molecule has 24 heavy (non-hydrogen) atoms. The number of hydrogen-bond donors (Lipinski definition) is 0. The number of allylic oxidation sites excluding steroid dienone is 1. The van der Waals surface area contributed by atoms with Crippen molar-refractivity contribution in [3.63, 3.8) is 0 Å². The lowest BCUT2D eigenvalue weighted by Crippen LogP contribution is -2.28. The van der Waals surface area contributed by atoms with Gasteiger partial charge in [0, 0.05) is 29.5 Å². The largest absolute Gasteiger partial charge is 0.493 e. The Morgan fingerprint density at radius 1 is 1.17 bits per heavy atom. The second-order valence-electron chi connectivity index (χ2n) is 6.52. The minimum absolute atomic E-state index is 0.00479. The van der Waals surface area contributed by atoms with Crippen molar-refractivity contribution in [2.45, 2.75) is 32.8 Å². The van der Waals surface area contributed by atoms with Crippen LogP contribution in [0, 0.1) is 5.92 Å². The van der Waals surface area contributed by atoms with Gasteiger partial charge in [-0.25, -0.2) is 4.79 Å². The van der Waals surface area contributed by atoms with E-state index in [4.69, 9.17) is 13.9 Å². The minimum atomic E-state index is -0.764. The number of benzene rings is 1. The number of fused-ring (bicyclic) bond motifs is 1. The van der Waals surface area contributed by atoms with E-state index in [0.717, 1.165) is 5.39 Å². The standard InChI is InChI=1S/C19H20O5/c1-12(15-11-17(20)19(2,3)24-15)8-9-22-14-6-4-13-5-7-18(21)23-16(13)10-14/h4-7,10-12H,8-9H2,1-3H3/t12-/m0/s1. The normalized spacial score (nSPS) is 17.5. The van der Waals surface area contributed by atoms with Gasteiger partial charge in [0.15, 0.2) is 5.60 Å². The minimum Gasteiger partial charge on any atom is -0.493 e. The number of ether oxygens (including phenoxy) is 2. The molecule has 0 saturated carbocycles. The predicted molar refractivity (Wildman–Crippen MR) is 90.0 cm³/mol. The summed E-state index contributed by atoms with van der Waals surface area (Å²) in [6, 6.07) is 8.50. The molecule has 2 aromatic rings. The van der Waals surface area contributed by atoms with Crippen LogP contribution >= 0.6 is 0 Å². The Morgan fingerprint density at radius 3 is 2.62 bits per heavy atom. The smallest absolute Gasteiger partial charge is 0.336 e. The highest BCUT2D eigenvalue weighted by Crippen LogP contribution is 2.30. The quantitative estimate of drug-likeness (QED) is 0.786. The van der Waals surface area contributed by atoms with Crippen molar-refractivity contribution in [2.24, 2.45) is 5.92 Å². The van der Waals surface area contributed by atoms with Crippen LogP contribution < -0.4 is 10.4 Å². The van der Waals surface area contributed by atoms with Gasteiger partial charge >= 0.3 is 5.63 Å². The van der Waals surface area contributed by atoms with Gasteiger partial charge in [-0.15, -0.1) is 0 Å². The van der Waals surface area contributed by atoms with Crippen LogP contribution in [0.3, 0.4) is 0 Å². The van der Waals surface area contributed by atoms with E-state index in [1.165, 1.54) is 6.07 Å².